The van der Waals surface area contributed by atoms with Gasteiger partial charge in [0.15, 0.2) is 0 Å². The number of carbonyl (C=O) groups is 1. The molecule has 82 valence electrons. The molecule has 0 aromatic heterocycles. The zero-order chi connectivity index (χ0) is 10.9. The number of nitrogens with one attached hydrogen (secondary N) is 1. The van der Waals surface area contributed by atoms with E-state index >= 15 is 0 Å². The van der Waals surface area contributed by atoms with Crippen LogP contribution in [0.2, 0.25) is 0 Å². The van der Waals surface area contributed by atoms with Crippen molar-refractivity contribution in [2.24, 2.45) is 0 Å². The van der Waals surface area contributed by atoms with E-state index in [1.54, 1.807) is 0 Å². The van der Waals surface area contributed by atoms with Gasteiger partial charge in [0.25, 0.3) is 0 Å². The molecule has 0 aliphatic carbocycles. The molecule has 1 N–H and O–H groups in total. The first-order valence-electron chi connectivity index (χ1n) is 5.27. The van der Waals surface area contributed by atoms with E-state index in [2.05, 4.69) is 5.32 Å². The Hall–Kier alpha value is -1.51. The predicted octanol–water partition coefficient (Wildman–Crippen LogP) is 2.37. The molecule has 0 saturated carbocycles. The molecule has 0 unspecified atom stereocenters. The molecule has 0 bridgehead atoms. The number of carbonyl (C=O) groups excluding carboxylic acids is 1. The van der Waals surface area contributed by atoms with Crippen molar-refractivity contribution < 1.29 is 9.53 Å². The fourth-order valence-electron chi connectivity index (χ4n) is 1.20. The molecule has 1 amide bonds. The van der Waals surface area contributed by atoms with Crippen LogP contribution in [0.25, 0.3) is 0 Å². The highest BCUT2D eigenvalue weighted by Crippen LogP contribution is 1.98. The summed E-state index contributed by atoms with van der Waals surface area (Å²) in [5, 5.41) is 2.70. The second-order valence-electron chi connectivity index (χ2n) is 3.30. The van der Waals surface area contributed by atoms with Gasteiger partial charge in [0.1, 0.15) is 0 Å². The van der Waals surface area contributed by atoms with Crippen molar-refractivity contribution in [1.82, 2.24) is 5.32 Å². The number of amides is 1. The Morgan fingerprint density at radius 1 is 1.33 bits per heavy atom. The lowest BCUT2D eigenvalue weighted by atomic mass is 10.1. The quantitative estimate of drug-likeness (QED) is 0.805. The molecule has 1 aromatic carbocycles. The van der Waals surface area contributed by atoms with Gasteiger partial charge in [0, 0.05) is 6.54 Å². The van der Waals surface area contributed by atoms with Crippen LogP contribution in [0.5, 0.6) is 0 Å². The van der Waals surface area contributed by atoms with Gasteiger partial charge in [-0.05, 0) is 18.4 Å². The first-order chi connectivity index (χ1) is 7.33. The molecule has 0 aliphatic heterocycles. The molecule has 0 spiro atoms. The fraction of sp³-hybridized carbons (Fsp3) is 0.417. The van der Waals surface area contributed by atoms with Crippen molar-refractivity contribution in [2.45, 2.75) is 19.8 Å². The second-order valence-corrected chi connectivity index (χ2v) is 3.30. The summed E-state index contributed by atoms with van der Waals surface area (Å²) in [6.45, 7) is 3.07. The minimum atomic E-state index is -0.326. The molecule has 0 aliphatic rings. The maximum absolute atomic E-state index is 11.1. The first-order valence-corrected chi connectivity index (χ1v) is 5.27. The lowest BCUT2D eigenvalue weighted by Crippen LogP contribution is -2.26. The van der Waals surface area contributed by atoms with E-state index in [1.807, 2.05) is 37.3 Å². The van der Waals surface area contributed by atoms with E-state index in [-0.39, 0.29) is 6.09 Å². The average molecular weight is 207 g/mol. The van der Waals surface area contributed by atoms with Crippen molar-refractivity contribution >= 4 is 6.09 Å². The van der Waals surface area contributed by atoms with Crippen LogP contribution < -0.4 is 5.32 Å². The molecule has 15 heavy (non-hydrogen) atoms. The molecule has 0 radical (unpaired) electrons. The van der Waals surface area contributed by atoms with Crippen molar-refractivity contribution in [3.8, 4) is 0 Å². The standard InChI is InChI=1S/C12H17NO2/c1-2-10-15-12(14)13-9-8-11-6-4-3-5-7-11/h3-7H,2,8-10H2,1H3,(H,13,14). The maximum Gasteiger partial charge on any atom is 0.407 e. The molecule has 3 heteroatoms. The van der Waals surface area contributed by atoms with Crippen molar-refractivity contribution in [2.75, 3.05) is 13.2 Å². The number of hydrogen-bond acceptors (Lipinski definition) is 2. The highest BCUT2D eigenvalue weighted by molar-refractivity contribution is 5.67. The summed E-state index contributed by atoms with van der Waals surface area (Å²) >= 11 is 0. The van der Waals surface area contributed by atoms with Gasteiger partial charge >= 0.3 is 6.09 Å². The summed E-state index contributed by atoms with van der Waals surface area (Å²) in [4.78, 5) is 11.1. The van der Waals surface area contributed by atoms with Gasteiger partial charge in [0.05, 0.1) is 6.61 Å². The van der Waals surface area contributed by atoms with E-state index < -0.39 is 0 Å². The third-order valence-electron chi connectivity index (χ3n) is 1.96. The van der Waals surface area contributed by atoms with E-state index in [0.29, 0.717) is 13.2 Å². The molecule has 0 heterocycles. The summed E-state index contributed by atoms with van der Waals surface area (Å²) in [6, 6.07) is 10.0. The van der Waals surface area contributed by atoms with Crippen LogP contribution in [0.4, 0.5) is 4.79 Å². The van der Waals surface area contributed by atoms with Gasteiger partial charge in [0.2, 0.25) is 0 Å². The molecule has 0 fully saturated rings. The van der Waals surface area contributed by atoms with Crippen molar-refractivity contribution in [1.29, 1.82) is 0 Å². The molecule has 0 atom stereocenters. The summed E-state index contributed by atoms with van der Waals surface area (Å²) in [5.74, 6) is 0. The van der Waals surface area contributed by atoms with Gasteiger partial charge in [-0.25, -0.2) is 4.79 Å². The fourth-order valence-corrected chi connectivity index (χ4v) is 1.20. The lowest BCUT2D eigenvalue weighted by molar-refractivity contribution is 0.146. The van der Waals surface area contributed by atoms with Gasteiger partial charge < -0.3 is 10.1 Å². The molecule has 0 saturated heterocycles. The molecule has 1 aromatic rings. The Labute approximate surface area is 90.4 Å². The van der Waals surface area contributed by atoms with E-state index in [9.17, 15) is 4.79 Å². The third-order valence-corrected chi connectivity index (χ3v) is 1.96. The van der Waals surface area contributed by atoms with Crippen LogP contribution in [-0.4, -0.2) is 19.2 Å². The van der Waals surface area contributed by atoms with Gasteiger partial charge in [-0.3, -0.25) is 0 Å². The molecular formula is C12H17NO2. The van der Waals surface area contributed by atoms with Gasteiger partial charge in [-0.1, -0.05) is 37.3 Å². The zero-order valence-corrected chi connectivity index (χ0v) is 9.03. The number of alkyl carbamates (subject to hydrolysis) is 1. The Kier molecular flexibility index (Phi) is 5.30. The van der Waals surface area contributed by atoms with Crippen LogP contribution in [-0.2, 0) is 11.2 Å². The highest BCUT2D eigenvalue weighted by atomic mass is 16.5. The Morgan fingerprint density at radius 2 is 2.07 bits per heavy atom. The van der Waals surface area contributed by atoms with Crippen LogP contribution in [0.1, 0.15) is 18.9 Å². The summed E-state index contributed by atoms with van der Waals surface area (Å²) in [7, 11) is 0. The minimum absolute atomic E-state index is 0.326. The lowest BCUT2D eigenvalue weighted by Gasteiger charge is -2.05. The molecule has 1 rings (SSSR count). The van der Waals surface area contributed by atoms with Gasteiger partial charge in [-0.15, -0.1) is 0 Å². The monoisotopic (exact) mass is 207 g/mol. The number of ether oxygens (including phenoxy) is 1. The van der Waals surface area contributed by atoms with Crippen LogP contribution in [0, 0.1) is 0 Å². The Balaban J connectivity index is 2.14. The van der Waals surface area contributed by atoms with Crippen LogP contribution >= 0.6 is 0 Å². The SMILES string of the molecule is CCCOC(=O)NCCc1ccccc1. The third kappa shape index (κ3) is 5.05. The molecule has 3 nitrogen and oxygen atoms in total. The Bertz CT molecular complexity index is 285. The predicted molar refractivity (Wildman–Crippen MR) is 59.8 cm³/mol. The first kappa shape index (κ1) is 11.6. The smallest absolute Gasteiger partial charge is 0.407 e. The zero-order valence-electron chi connectivity index (χ0n) is 9.03. The molecular weight excluding hydrogens is 190 g/mol. The maximum atomic E-state index is 11.1. The van der Waals surface area contributed by atoms with Crippen molar-refractivity contribution in [3.05, 3.63) is 35.9 Å². The average Bonchev–Trinajstić information content (AvgIpc) is 2.28. The van der Waals surface area contributed by atoms with E-state index in [0.717, 1.165) is 12.8 Å². The summed E-state index contributed by atoms with van der Waals surface area (Å²) in [6.07, 6.45) is 1.36. The normalized spacial score (nSPS) is 9.67. The minimum Gasteiger partial charge on any atom is -0.450 e. The summed E-state index contributed by atoms with van der Waals surface area (Å²) < 4.78 is 4.88. The van der Waals surface area contributed by atoms with Crippen LogP contribution in [0.3, 0.4) is 0 Å². The van der Waals surface area contributed by atoms with Gasteiger partial charge in [-0.2, -0.15) is 0 Å². The van der Waals surface area contributed by atoms with Crippen molar-refractivity contribution in [3.63, 3.8) is 0 Å². The van der Waals surface area contributed by atoms with E-state index in [4.69, 9.17) is 4.74 Å². The topological polar surface area (TPSA) is 38.3 Å². The van der Waals surface area contributed by atoms with Crippen LogP contribution in [0.15, 0.2) is 30.3 Å². The number of rotatable bonds is 5. The largest absolute Gasteiger partial charge is 0.450 e. The number of hydrogen-bond donors (Lipinski definition) is 1. The highest BCUT2D eigenvalue weighted by Gasteiger charge is 1.99. The second kappa shape index (κ2) is 6.87. The summed E-state index contributed by atoms with van der Waals surface area (Å²) in [5.41, 5.74) is 1.22. The van der Waals surface area contributed by atoms with E-state index in [1.165, 1.54) is 5.56 Å². The Morgan fingerprint density at radius 3 is 2.73 bits per heavy atom. The number of benzene rings is 1.